The average molecular weight is 235 g/mol. The lowest BCUT2D eigenvalue weighted by molar-refractivity contribution is -0.135. The Bertz CT molecular complexity index is 408. The molecule has 0 fully saturated rings. The van der Waals surface area contributed by atoms with Crippen molar-refractivity contribution in [2.45, 2.75) is 6.42 Å². The third kappa shape index (κ3) is 2.73. The molecular formula is C9H5ClF2O3. The molecule has 0 aliphatic heterocycles. The molecule has 0 aromatic heterocycles. The number of ketones is 1. The molecule has 6 heteroatoms. The maximum Gasteiger partial charge on any atom is 0.311 e. The lowest BCUT2D eigenvalue weighted by Gasteiger charge is -2.01. The minimum atomic E-state index is -1.35. The summed E-state index contributed by atoms with van der Waals surface area (Å²) in [5, 5.41) is 7.76. The predicted molar refractivity (Wildman–Crippen MR) is 48.0 cm³/mol. The molecule has 3 nitrogen and oxygen atoms in total. The lowest BCUT2D eigenvalue weighted by atomic mass is 10.1. The van der Waals surface area contributed by atoms with E-state index in [0.717, 1.165) is 6.07 Å². The van der Waals surface area contributed by atoms with E-state index in [1.54, 1.807) is 0 Å². The van der Waals surface area contributed by atoms with E-state index in [-0.39, 0.29) is 5.56 Å². The second kappa shape index (κ2) is 4.35. The SMILES string of the molecule is O=C(O)CC(=O)c1cc(F)c(F)c(Cl)c1. The summed E-state index contributed by atoms with van der Waals surface area (Å²) in [4.78, 5) is 21.3. The van der Waals surface area contributed by atoms with Gasteiger partial charge in [0.05, 0.1) is 5.02 Å². The zero-order chi connectivity index (χ0) is 11.6. The molecule has 0 aliphatic rings. The Labute approximate surface area is 88.3 Å². The van der Waals surface area contributed by atoms with Gasteiger partial charge in [-0.05, 0) is 12.1 Å². The molecule has 0 unspecified atom stereocenters. The van der Waals surface area contributed by atoms with Crippen LogP contribution in [0.5, 0.6) is 0 Å². The van der Waals surface area contributed by atoms with Crippen LogP contribution in [0.4, 0.5) is 8.78 Å². The third-order valence-electron chi connectivity index (χ3n) is 1.62. The standard InChI is InChI=1S/C9H5ClF2O3/c10-5-1-4(2-6(11)9(5)12)7(13)3-8(14)15/h1-2H,3H2,(H,14,15). The molecule has 1 N–H and O–H groups in total. The van der Waals surface area contributed by atoms with Gasteiger partial charge in [-0.3, -0.25) is 9.59 Å². The summed E-state index contributed by atoms with van der Waals surface area (Å²) in [6, 6.07) is 1.51. The van der Waals surface area contributed by atoms with Crippen molar-refractivity contribution in [2.75, 3.05) is 0 Å². The Morgan fingerprint density at radius 1 is 1.33 bits per heavy atom. The quantitative estimate of drug-likeness (QED) is 0.496. The molecule has 0 radical (unpaired) electrons. The number of rotatable bonds is 3. The van der Waals surface area contributed by atoms with E-state index in [1.807, 2.05) is 0 Å². The highest BCUT2D eigenvalue weighted by atomic mass is 35.5. The second-order valence-electron chi connectivity index (χ2n) is 2.75. The van der Waals surface area contributed by atoms with Gasteiger partial charge in [0.2, 0.25) is 0 Å². The Balaban J connectivity index is 3.06. The summed E-state index contributed by atoms with van der Waals surface area (Å²) >= 11 is 5.29. The van der Waals surface area contributed by atoms with Gasteiger partial charge >= 0.3 is 5.97 Å². The van der Waals surface area contributed by atoms with Gasteiger partial charge in [-0.2, -0.15) is 0 Å². The van der Waals surface area contributed by atoms with Crippen LogP contribution in [-0.4, -0.2) is 16.9 Å². The van der Waals surface area contributed by atoms with Gasteiger partial charge in [-0.15, -0.1) is 0 Å². The number of carboxylic acid groups (broad SMARTS) is 1. The van der Waals surface area contributed by atoms with Crippen molar-refractivity contribution in [2.24, 2.45) is 0 Å². The van der Waals surface area contributed by atoms with Crippen LogP contribution in [0.15, 0.2) is 12.1 Å². The first-order valence-electron chi connectivity index (χ1n) is 3.81. The molecule has 0 spiro atoms. The Kier molecular flexibility index (Phi) is 3.36. The zero-order valence-electron chi connectivity index (χ0n) is 7.26. The van der Waals surface area contributed by atoms with Crippen molar-refractivity contribution in [3.05, 3.63) is 34.4 Å². The van der Waals surface area contributed by atoms with Crippen LogP contribution < -0.4 is 0 Å². The first-order valence-corrected chi connectivity index (χ1v) is 4.19. The fourth-order valence-electron chi connectivity index (χ4n) is 0.956. The Morgan fingerprint density at radius 3 is 2.40 bits per heavy atom. The number of halogens is 3. The van der Waals surface area contributed by atoms with E-state index >= 15 is 0 Å². The molecule has 1 aromatic rings. The zero-order valence-corrected chi connectivity index (χ0v) is 8.02. The molecule has 1 rings (SSSR count). The first kappa shape index (κ1) is 11.6. The van der Waals surface area contributed by atoms with Gasteiger partial charge in [-0.25, -0.2) is 8.78 Å². The summed E-state index contributed by atoms with van der Waals surface area (Å²) < 4.78 is 25.5. The maximum atomic E-state index is 12.8. The number of benzene rings is 1. The van der Waals surface area contributed by atoms with Gasteiger partial charge in [0.1, 0.15) is 6.42 Å². The van der Waals surface area contributed by atoms with Crippen LogP contribution in [0, 0.1) is 11.6 Å². The van der Waals surface area contributed by atoms with Crippen LogP contribution in [0.1, 0.15) is 16.8 Å². The van der Waals surface area contributed by atoms with Crippen molar-refractivity contribution in [3.63, 3.8) is 0 Å². The van der Waals surface area contributed by atoms with Crippen LogP contribution in [0.3, 0.4) is 0 Å². The van der Waals surface area contributed by atoms with Crippen LogP contribution in [0.25, 0.3) is 0 Å². The Hall–Kier alpha value is -1.49. The molecule has 0 atom stereocenters. The van der Waals surface area contributed by atoms with Crippen molar-refractivity contribution in [1.29, 1.82) is 0 Å². The molecule has 0 amide bonds. The van der Waals surface area contributed by atoms with Crippen LogP contribution in [0.2, 0.25) is 5.02 Å². The molecule has 0 aliphatic carbocycles. The lowest BCUT2D eigenvalue weighted by Crippen LogP contribution is -2.07. The first-order chi connectivity index (χ1) is 6.91. The summed E-state index contributed by atoms with van der Waals surface area (Å²) in [6.45, 7) is 0. The van der Waals surface area contributed by atoms with E-state index < -0.39 is 34.8 Å². The summed E-state index contributed by atoms with van der Waals surface area (Å²) in [7, 11) is 0. The van der Waals surface area contributed by atoms with Gasteiger partial charge in [0, 0.05) is 5.56 Å². The van der Waals surface area contributed by atoms with E-state index in [1.165, 1.54) is 0 Å². The number of hydrogen-bond acceptors (Lipinski definition) is 2. The number of carbonyl (C=O) groups is 2. The highest BCUT2D eigenvalue weighted by molar-refractivity contribution is 6.31. The molecule has 0 saturated carbocycles. The highest BCUT2D eigenvalue weighted by Gasteiger charge is 2.15. The third-order valence-corrected chi connectivity index (χ3v) is 1.89. The molecule has 80 valence electrons. The van der Waals surface area contributed by atoms with Crippen molar-refractivity contribution in [3.8, 4) is 0 Å². The van der Waals surface area contributed by atoms with Crippen molar-refractivity contribution < 1.29 is 23.5 Å². The summed E-state index contributed by atoms with van der Waals surface area (Å²) in [6.07, 6.45) is -0.790. The number of carbonyl (C=O) groups excluding carboxylic acids is 1. The molecule has 0 bridgehead atoms. The molecule has 15 heavy (non-hydrogen) atoms. The maximum absolute atomic E-state index is 12.8. The number of hydrogen-bond donors (Lipinski definition) is 1. The smallest absolute Gasteiger partial charge is 0.311 e. The topological polar surface area (TPSA) is 54.4 Å². The van der Waals surface area contributed by atoms with Gasteiger partial charge in [0.25, 0.3) is 0 Å². The average Bonchev–Trinajstić information content (AvgIpc) is 2.12. The minimum Gasteiger partial charge on any atom is -0.481 e. The number of carboxylic acids is 1. The van der Waals surface area contributed by atoms with Crippen molar-refractivity contribution >= 4 is 23.4 Å². The summed E-state index contributed by atoms with van der Waals surface area (Å²) in [5.74, 6) is -4.72. The highest BCUT2D eigenvalue weighted by Crippen LogP contribution is 2.20. The van der Waals surface area contributed by atoms with E-state index in [4.69, 9.17) is 16.7 Å². The van der Waals surface area contributed by atoms with E-state index in [2.05, 4.69) is 0 Å². The second-order valence-corrected chi connectivity index (χ2v) is 3.15. The molecule has 0 saturated heterocycles. The van der Waals surface area contributed by atoms with Gasteiger partial charge in [0.15, 0.2) is 17.4 Å². The van der Waals surface area contributed by atoms with Crippen molar-refractivity contribution in [1.82, 2.24) is 0 Å². The minimum absolute atomic E-state index is 0.263. The monoisotopic (exact) mass is 234 g/mol. The largest absolute Gasteiger partial charge is 0.481 e. The fraction of sp³-hybridized carbons (Fsp3) is 0.111. The van der Waals surface area contributed by atoms with E-state index in [9.17, 15) is 18.4 Å². The molecular weight excluding hydrogens is 230 g/mol. The van der Waals surface area contributed by atoms with Crippen LogP contribution in [-0.2, 0) is 4.79 Å². The normalized spacial score (nSPS) is 10.1. The number of Topliss-reactive ketones (excluding diaryl/α,β-unsaturated/α-hetero) is 1. The molecule has 1 aromatic carbocycles. The predicted octanol–water partition coefficient (Wildman–Crippen LogP) is 2.28. The van der Waals surface area contributed by atoms with Gasteiger partial charge in [-0.1, -0.05) is 11.6 Å². The van der Waals surface area contributed by atoms with Gasteiger partial charge < -0.3 is 5.11 Å². The fourth-order valence-corrected chi connectivity index (χ4v) is 1.16. The van der Waals surface area contributed by atoms with E-state index in [0.29, 0.717) is 6.07 Å². The Morgan fingerprint density at radius 2 is 1.93 bits per heavy atom. The molecule has 0 heterocycles. The number of aliphatic carboxylic acids is 1. The van der Waals surface area contributed by atoms with Crippen LogP contribution >= 0.6 is 11.6 Å². The summed E-state index contributed by atoms with van der Waals surface area (Å²) in [5.41, 5.74) is -0.263.